The summed E-state index contributed by atoms with van der Waals surface area (Å²) in [5.74, 6) is 2.96. The van der Waals surface area contributed by atoms with Crippen molar-refractivity contribution in [2.75, 3.05) is 25.0 Å². The Hall–Kier alpha value is -2.12. The lowest BCUT2D eigenvalue weighted by atomic mass is 9.90. The molecule has 1 amide bonds. The molecule has 0 unspecified atom stereocenters. The summed E-state index contributed by atoms with van der Waals surface area (Å²) >= 11 is 0. The van der Waals surface area contributed by atoms with Crippen molar-refractivity contribution in [2.24, 2.45) is 13.0 Å². The maximum atomic E-state index is 12.6. The fourth-order valence-corrected chi connectivity index (χ4v) is 4.21. The topological polar surface area (TPSA) is 81.1 Å². The van der Waals surface area contributed by atoms with Crippen LogP contribution in [0, 0.1) is 5.92 Å². The van der Waals surface area contributed by atoms with Crippen LogP contribution in [-0.2, 0) is 7.05 Å². The van der Waals surface area contributed by atoms with Crippen molar-refractivity contribution in [3.63, 3.8) is 0 Å². The Morgan fingerprint density at radius 3 is 2.53 bits per heavy atom. The van der Waals surface area contributed by atoms with Crippen LogP contribution in [0.4, 0.5) is 5.95 Å². The van der Waals surface area contributed by atoms with Gasteiger partial charge >= 0.3 is 0 Å². The van der Waals surface area contributed by atoms with E-state index in [4.69, 9.17) is 4.74 Å². The maximum absolute atomic E-state index is 12.6. The number of benzene rings is 1. The highest BCUT2D eigenvalue weighted by Gasteiger charge is 2.21. The van der Waals surface area contributed by atoms with Gasteiger partial charge in [-0.2, -0.15) is 10.1 Å². The highest BCUT2D eigenvalue weighted by Crippen LogP contribution is 2.25. The maximum Gasteiger partial charge on any atom is 0.258 e. The van der Waals surface area contributed by atoms with Crippen LogP contribution in [0.25, 0.3) is 0 Å². The van der Waals surface area contributed by atoms with Crippen LogP contribution in [0.1, 0.15) is 67.0 Å². The number of carbonyl (C=O) groups excluding carboxylic acids is 1. The second-order valence-corrected chi connectivity index (χ2v) is 8.24. The van der Waals surface area contributed by atoms with Gasteiger partial charge in [-0.3, -0.25) is 10.1 Å². The molecule has 1 saturated heterocycles. The summed E-state index contributed by atoms with van der Waals surface area (Å²) in [4.78, 5) is 17.2. The lowest BCUT2D eigenvalue weighted by molar-refractivity contribution is 0.102. The molecule has 1 aromatic carbocycles. The summed E-state index contributed by atoms with van der Waals surface area (Å²) in [5.41, 5.74) is 0.585. The highest BCUT2D eigenvalue weighted by atomic mass is 35.5. The highest BCUT2D eigenvalue weighted by molar-refractivity contribution is 6.03. The van der Waals surface area contributed by atoms with Gasteiger partial charge in [-0.25, -0.2) is 4.68 Å². The first-order valence-electron chi connectivity index (χ1n) is 10.8. The van der Waals surface area contributed by atoms with Gasteiger partial charge in [0, 0.05) is 18.5 Å². The molecule has 8 heteroatoms. The number of piperidine rings is 1. The quantitative estimate of drug-likeness (QED) is 0.721. The van der Waals surface area contributed by atoms with Gasteiger partial charge in [0.25, 0.3) is 5.91 Å². The molecule has 30 heavy (non-hydrogen) atoms. The summed E-state index contributed by atoms with van der Waals surface area (Å²) in [7, 11) is 1.81. The van der Waals surface area contributed by atoms with E-state index in [1.807, 2.05) is 19.2 Å². The lowest BCUT2D eigenvalue weighted by Gasteiger charge is -2.21. The van der Waals surface area contributed by atoms with Crippen molar-refractivity contribution in [1.29, 1.82) is 0 Å². The van der Waals surface area contributed by atoms with Gasteiger partial charge in [0.2, 0.25) is 5.95 Å². The van der Waals surface area contributed by atoms with Crippen molar-refractivity contribution in [3.05, 3.63) is 35.7 Å². The Bertz CT molecular complexity index is 811. The van der Waals surface area contributed by atoms with Crippen LogP contribution in [0.3, 0.4) is 0 Å². The standard InChI is InChI=1S/C22H31N5O2.ClH/c1-27-22(24-20(26-27)17-11-13-23-14-12-17)25-21(28)18-7-9-19(10-8-18)29-15-16-5-3-2-4-6-16;/h7-10,16-17,23H,2-6,11-15H2,1H3,(H,24,25,26,28);1H. The minimum Gasteiger partial charge on any atom is -0.493 e. The molecule has 2 heterocycles. The smallest absolute Gasteiger partial charge is 0.258 e. The van der Waals surface area contributed by atoms with Gasteiger partial charge in [0.1, 0.15) is 5.75 Å². The zero-order valence-corrected chi connectivity index (χ0v) is 18.4. The third kappa shape index (κ3) is 5.73. The van der Waals surface area contributed by atoms with E-state index in [1.54, 1.807) is 16.8 Å². The van der Waals surface area contributed by atoms with E-state index in [0.29, 0.717) is 23.3 Å². The van der Waals surface area contributed by atoms with Crippen LogP contribution >= 0.6 is 12.4 Å². The summed E-state index contributed by atoms with van der Waals surface area (Å²) in [5, 5.41) is 10.7. The number of aryl methyl sites for hydroxylation is 1. The van der Waals surface area contributed by atoms with E-state index in [2.05, 4.69) is 20.7 Å². The lowest BCUT2D eigenvalue weighted by Crippen LogP contribution is -2.27. The number of anilines is 1. The normalized spacial score (nSPS) is 17.9. The number of nitrogens with one attached hydrogen (secondary N) is 2. The minimum atomic E-state index is -0.184. The molecule has 1 aliphatic carbocycles. The summed E-state index contributed by atoms with van der Waals surface area (Å²) in [6, 6.07) is 7.34. The van der Waals surface area contributed by atoms with Crippen molar-refractivity contribution in [2.45, 2.75) is 50.9 Å². The Morgan fingerprint density at radius 2 is 1.83 bits per heavy atom. The zero-order chi connectivity index (χ0) is 20.1. The van der Waals surface area contributed by atoms with Gasteiger partial charge in [-0.05, 0) is 69.0 Å². The predicted molar refractivity (Wildman–Crippen MR) is 120 cm³/mol. The molecule has 7 nitrogen and oxygen atoms in total. The second-order valence-electron chi connectivity index (χ2n) is 8.24. The molecule has 1 aliphatic heterocycles. The Morgan fingerprint density at radius 1 is 1.13 bits per heavy atom. The molecule has 1 aromatic heterocycles. The van der Waals surface area contributed by atoms with Crippen molar-refractivity contribution < 1.29 is 9.53 Å². The third-order valence-corrected chi connectivity index (χ3v) is 6.04. The molecule has 0 spiro atoms. The molecule has 0 atom stereocenters. The number of nitrogens with zero attached hydrogens (tertiary/aromatic N) is 3. The van der Waals surface area contributed by atoms with Crippen molar-refractivity contribution in [3.8, 4) is 5.75 Å². The fourth-order valence-electron chi connectivity index (χ4n) is 4.21. The summed E-state index contributed by atoms with van der Waals surface area (Å²) < 4.78 is 7.57. The van der Waals surface area contributed by atoms with Gasteiger partial charge in [0.05, 0.1) is 6.61 Å². The number of aromatic nitrogens is 3. The SMILES string of the molecule is Cl.Cn1nc(C2CCNCC2)nc1NC(=O)c1ccc(OCC2CCCCC2)cc1. The van der Waals surface area contributed by atoms with Crippen LogP contribution in [-0.4, -0.2) is 40.4 Å². The van der Waals surface area contributed by atoms with Gasteiger partial charge in [0.15, 0.2) is 5.82 Å². The van der Waals surface area contributed by atoms with Crippen LogP contribution in [0.15, 0.2) is 24.3 Å². The molecule has 4 rings (SSSR count). The number of hydrogen-bond acceptors (Lipinski definition) is 5. The van der Waals surface area contributed by atoms with Crippen LogP contribution in [0.2, 0.25) is 0 Å². The third-order valence-electron chi connectivity index (χ3n) is 6.04. The monoisotopic (exact) mass is 433 g/mol. The molecular weight excluding hydrogens is 402 g/mol. The molecule has 2 aromatic rings. The molecule has 2 aliphatic rings. The number of carbonyl (C=O) groups is 1. The van der Waals surface area contributed by atoms with E-state index in [-0.39, 0.29) is 18.3 Å². The van der Waals surface area contributed by atoms with E-state index >= 15 is 0 Å². The first kappa shape index (κ1) is 22.6. The van der Waals surface area contributed by atoms with Crippen molar-refractivity contribution in [1.82, 2.24) is 20.1 Å². The Kier molecular flexibility index (Phi) is 8.10. The first-order valence-corrected chi connectivity index (χ1v) is 10.8. The second kappa shape index (κ2) is 10.8. The Labute approximate surface area is 184 Å². The fraction of sp³-hybridized carbons (Fsp3) is 0.591. The van der Waals surface area contributed by atoms with Gasteiger partial charge < -0.3 is 10.1 Å². The van der Waals surface area contributed by atoms with E-state index in [9.17, 15) is 4.79 Å². The van der Waals surface area contributed by atoms with Gasteiger partial charge in [-0.1, -0.05) is 19.3 Å². The number of halogens is 1. The molecule has 164 valence electrons. The van der Waals surface area contributed by atoms with E-state index < -0.39 is 0 Å². The summed E-state index contributed by atoms with van der Waals surface area (Å²) in [6.07, 6.45) is 8.56. The first-order chi connectivity index (χ1) is 14.2. The zero-order valence-electron chi connectivity index (χ0n) is 17.6. The number of rotatable bonds is 6. The minimum absolute atomic E-state index is 0. The number of hydrogen-bond donors (Lipinski definition) is 2. The molecule has 2 N–H and O–H groups in total. The number of ether oxygens (including phenoxy) is 1. The molecular formula is C22H32ClN5O2. The van der Waals surface area contributed by atoms with Crippen LogP contribution in [0.5, 0.6) is 5.75 Å². The van der Waals surface area contributed by atoms with Crippen LogP contribution < -0.4 is 15.4 Å². The molecule has 0 bridgehead atoms. The van der Waals surface area contributed by atoms with Crippen molar-refractivity contribution >= 4 is 24.3 Å². The average molecular weight is 434 g/mol. The molecule has 1 saturated carbocycles. The van der Waals surface area contributed by atoms with Gasteiger partial charge in [-0.15, -0.1) is 12.4 Å². The number of amides is 1. The van der Waals surface area contributed by atoms with E-state index in [0.717, 1.165) is 44.1 Å². The van der Waals surface area contributed by atoms with E-state index in [1.165, 1.54) is 32.1 Å². The summed E-state index contributed by atoms with van der Waals surface area (Å²) in [6.45, 7) is 2.74. The molecule has 0 radical (unpaired) electrons. The molecule has 2 fully saturated rings. The average Bonchev–Trinajstić information content (AvgIpc) is 3.14. The Balaban J connectivity index is 0.00000256. The predicted octanol–water partition coefficient (Wildman–Crippen LogP) is 3.92. The largest absolute Gasteiger partial charge is 0.493 e.